The van der Waals surface area contributed by atoms with Crippen LogP contribution in [-0.4, -0.2) is 34.8 Å². The predicted molar refractivity (Wildman–Crippen MR) is 68.1 cm³/mol. The summed E-state index contributed by atoms with van der Waals surface area (Å²) >= 11 is 0. The van der Waals surface area contributed by atoms with Crippen molar-refractivity contribution in [1.82, 2.24) is 20.4 Å². The lowest BCUT2D eigenvalue weighted by atomic mass is 10.3. The molecule has 1 aromatic rings. The van der Waals surface area contributed by atoms with Crippen LogP contribution in [0.4, 0.5) is 0 Å². The number of hydrogen-bond donors (Lipinski definition) is 2. The van der Waals surface area contributed by atoms with E-state index in [1.165, 1.54) is 0 Å². The van der Waals surface area contributed by atoms with Crippen LogP contribution in [0.3, 0.4) is 0 Å². The third kappa shape index (κ3) is 4.19. The van der Waals surface area contributed by atoms with Crippen molar-refractivity contribution < 1.29 is 4.79 Å². The van der Waals surface area contributed by atoms with Crippen LogP contribution in [0.15, 0.2) is 6.07 Å². The molecule has 0 aromatic carbocycles. The van der Waals surface area contributed by atoms with Gasteiger partial charge < -0.3 is 10.6 Å². The van der Waals surface area contributed by atoms with Gasteiger partial charge in [-0.15, -0.1) is 0 Å². The summed E-state index contributed by atoms with van der Waals surface area (Å²) in [5.41, 5.74) is 1.51. The number of rotatable bonds is 6. The third-order valence-electron chi connectivity index (χ3n) is 2.40. The number of aromatic nitrogens is 2. The maximum atomic E-state index is 11.9. The molecular weight excluding hydrogens is 216 g/mol. The molecule has 5 nitrogen and oxygen atoms in total. The molecule has 0 saturated heterocycles. The fourth-order valence-electron chi connectivity index (χ4n) is 1.60. The van der Waals surface area contributed by atoms with Crippen LogP contribution >= 0.6 is 0 Å². The lowest BCUT2D eigenvalue weighted by molar-refractivity contribution is 0.0943. The normalized spacial score (nSPS) is 10.9. The van der Waals surface area contributed by atoms with Crippen molar-refractivity contribution in [2.75, 3.05) is 13.1 Å². The molecule has 0 aliphatic carbocycles. The maximum Gasteiger partial charge on any atom is 0.269 e. The highest BCUT2D eigenvalue weighted by atomic mass is 16.2. The minimum atomic E-state index is -0.0574. The first-order chi connectivity index (χ1) is 8.04. The zero-order valence-electron chi connectivity index (χ0n) is 11.1. The Balaban J connectivity index is 2.46. The van der Waals surface area contributed by atoms with Gasteiger partial charge in [0.25, 0.3) is 5.91 Å². The second kappa shape index (κ2) is 6.39. The number of aryl methyl sites for hydroxylation is 2. The maximum absolute atomic E-state index is 11.9. The Morgan fingerprint density at radius 2 is 2.18 bits per heavy atom. The van der Waals surface area contributed by atoms with E-state index < -0.39 is 0 Å². The molecule has 0 saturated carbocycles. The van der Waals surface area contributed by atoms with E-state index in [0.717, 1.165) is 12.2 Å². The van der Waals surface area contributed by atoms with Crippen LogP contribution in [0.1, 0.15) is 37.0 Å². The van der Waals surface area contributed by atoms with Gasteiger partial charge >= 0.3 is 0 Å². The summed E-state index contributed by atoms with van der Waals surface area (Å²) in [4.78, 5) is 11.9. The molecule has 0 aliphatic heterocycles. The minimum absolute atomic E-state index is 0.0574. The topological polar surface area (TPSA) is 59.0 Å². The summed E-state index contributed by atoms with van der Waals surface area (Å²) in [7, 11) is 0. The van der Waals surface area contributed by atoms with Crippen LogP contribution < -0.4 is 10.6 Å². The number of carbonyl (C=O) groups is 1. The molecule has 0 aliphatic rings. The van der Waals surface area contributed by atoms with Crippen LogP contribution in [0.5, 0.6) is 0 Å². The summed E-state index contributed by atoms with van der Waals surface area (Å²) < 4.78 is 1.72. The molecule has 0 unspecified atom stereocenters. The Hall–Kier alpha value is -1.36. The van der Waals surface area contributed by atoms with Gasteiger partial charge in [-0.05, 0) is 19.9 Å². The first-order valence-corrected chi connectivity index (χ1v) is 6.10. The van der Waals surface area contributed by atoms with Crippen molar-refractivity contribution in [3.05, 3.63) is 17.5 Å². The Kier molecular flexibility index (Phi) is 5.15. The fraction of sp³-hybridized carbons (Fsp3) is 0.667. The van der Waals surface area contributed by atoms with Crippen LogP contribution in [-0.2, 0) is 6.54 Å². The fourth-order valence-corrected chi connectivity index (χ4v) is 1.60. The zero-order valence-corrected chi connectivity index (χ0v) is 11.1. The van der Waals surface area contributed by atoms with Gasteiger partial charge in [-0.3, -0.25) is 9.48 Å². The lowest BCUT2D eigenvalue weighted by Crippen LogP contribution is -2.35. The molecule has 0 bridgehead atoms. The molecule has 1 aromatic heterocycles. The van der Waals surface area contributed by atoms with Gasteiger partial charge in [0.2, 0.25) is 0 Å². The van der Waals surface area contributed by atoms with Crippen molar-refractivity contribution in [1.29, 1.82) is 0 Å². The number of nitrogens with zero attached hydrogens (tertiary/aromatic N) is 2. The first kappa shape index (κ1) is 13.7. The van der Waals surface area contributed by atoms with Crippen molar-refractivity contribution in [3.8, 4) is 0 Å². The molecule has 96 valence electrons. The lowest BCUT2D eigenvalue weighted by Gasteiger charge is -2.09. The van der Waals surface area contributed by atoms with E-state index in [9.17, 15) is 4.79 Å². The third-order valence-corrected chi connectivity index (χ3v) is 2.40. The predicted octanol–water partition coefficient (Wildman–Crippen LogP) is 0.939. The van der Waals surface area contributed by atoms with Gasteiger partial charge in [-0.1, -0.05) is 13.8 Å². The SMILES string of the molecule is CCn1nc(C)cc1C(=O)NCCNC(C)C. The second-order valence-electron chi connectivity index (χ2n) is 4.35. The van der Waals surface area contributed by atoms with Gasteiger partial charge in [0, 0.05) is 25.7 Å². The summed E-state index contributed by atoms with van der Waals surface area (Å²) in [6, 6.07) is 2.25. The molecule has 0 radical (unpaired) electrons. The van der Waals surface area contributed by atoms with Crippen LogP contribution in [0, 0.1) is 6.92 Å². The summed E-state index contributed by atoms with van der Waals surface area (Å²) in [5.74, 6) is -0.0574. The average Bonchev–Trinajstić information content (AvgIpc) is 2.65. The van der Waals surface area contributed by atoms with E-state index in [0.29, 0.717) is 24.8 Å². The Morgan fingerprint density at radius 1 is 1.47 bits per heavy atom. The van der Waals surface area contributed by atoms with Gasteiger partial charge in [0.05, 0.1) is 5.69 Å². The highest BCUT2D eigenvalue weighted by molar-refractivity contribution is 5.92. The molecule has 0 fully saturated rings. The largest absolute Gasteiger partial charge is 0.349 e. The standard InChI is InChI=1S/C12H22N4O/c1-5-16-11(8-10(4)15-16)12(17)14-7-6-13-9(2)3/h8-9,13H,5-7H2,1-4H3,(H,14,17). The van der Waals surface area contributed by atoms with Gasteiger partial charge in [-0.25, -0.2) is 0 Å². The van der Waals surface area contributed by atoms with E-state index in [2.05, 4.69) is 29.6 Å². The number of nitrogens with one attached hydrogen (secondary N) is 2. The minimum Gasteiger partial charge on any atom is -0.349 e. The molecule has 2 N–H and O–H groups in total. The molecule has 17 heavy (non-hydrogen) atoms. The van der Waals surface area contributed by atoms with E-state index in [1.807, 2.05) is 19.9 Å². The molecule has 1 amide bonds. The molecule has 5 heteroatoms. The van der Waals surface area contributed by atoms with E-state index in [4.69, 9.17) is 0 Å². The van der Waals surface area contributed by atoms with Gasteiger partial charge in [0.1, 0.15) is 5.69 Å². The highest BCUT2D eigenvalue weighted by Crippen LogP contribution is 2.03. The van der Waals surface area contributed by atoms with E-state index in [1.54, 1.807) is 4.68 Å². The quantitative estimate of drug-likeness (QED) is 0.725. The number of hydrogen-bond acceptors (Lipinski definition) is 3. The molecule has 1 heterocycles. The van der Waals surface area contributed by atoms with Crippen molar-refractivity contribution in [2.45, 2.75) is 40.3 Å². The first-order valence-electron chi connectivity index (χ1n) is 6.10. The van der Waals surface area contributed by atoms with E-state index in [-0.39, 0.29) is 5.91 Å². The van der Waals surface area contributed by atoms with Crippen LogP contribution in [0.25, 0.3) is 0 Å². The monoisotopic (exact) mass is 238 g/mol. The number of amides is 1. The summed E-state index contributed by atoms with van der Waals surface area (Å²) in [6.07, 6.45) is 0. The molecule has 0 atom stereocenters. The molecule has 0 spiro atoms. The Bertz CT molecular complexity index is 371. The second-order valence-corrected chi connectivity index (χ2v) is 4.35. The smallest absolute Gasteiger partial charge is 0.269 e. The van der Waals surface area contributed by atoms with Crippen molar-refractivity contribution >= 4 is 5.91 Å². The van der Waals surface area contributed by atoms with Crippen molar-refractivity contribution in [2.24, 2.45) is 0 Å². The summed E-state index contributed by atoms with van der Waals surface area (Å²) in [5, 5.41) is 10.4. The molecular formula is C12H22N4O. The molecule has 1 rings (SSSR count). The highest BCUT2D eigenvalue weighted by Gasteiger charge is 2.11. The zero-order chi connectivity index (χ0) is 12.8. The Labute approximate surface area is 103 Å². The average molecular weight is 238 g/mol. The van der Waals surface area contributed by atoms with Crippen molar-refractivity contribution in [3.63, 3.8) is 0 Å². The number of carbonyl (C=O) groups excluding carboxylic acids is 1. The van der Waals surface area contributed by atoms with E-state index >= 15 is 0 Å². The van der Waals surface area contributed by atoms with Crippen LogP contribution in [0.2, 0.25) is 0 Å². The summed E-state index contributed by atoms with van der Waals surface area (Å²) in [6.45, 7) is 10.1. The van der Waals surface area contributed by atoms with Gasteiger partial charge in [-0.2, -0.15) is 5.10 Å². The van der Waals surface area contributed by atoms with Gasteiger partial charge in [0.15, 0.2) is 0 Å². The Morgan fingerprint density at radius 3 is 2.76 bits per heavy atom.